The molecule has 0 aromatic carbocycles. The molecule has 0 saturated carbocycles. The third-order valence-electron chi connectivity index (χ3n) is 6.68. The van der Waals surface area contributed by atoms with E-state index in [0.29, 0.717) is 6.42 Å². The Morgan fingerprint density at radius 2 is 2.03 bits per heavy atom. The van der Waals surface area contributed by atoms with Crippen molar-refractivity contribution in [3.8, 4) is 0 Å². The zero-order valence-electron chi connectivity index (χ0n) is 20.0. The molecule has 4 rings (SSSR count). The van der Waals surface area contributed by atoms with Gasteiger partial charge in [-0.1, -0.05) is 11.6 Å². The van der Waals surface area contributed by atoms with Gasteiger partial charge in [0.15, 0.2) is 0 Å². The number of aromatic nitrogens is 2. The van der Waals surface area contributed by atoms with E-state index in [4.69, 9.17) is 9.97 Å². The molecule has 0 spiro atoms. The lowest BCUT2D eigenvalue weighted by atomic mass is 9.82. The van der Waals surface area contributed by atoms with Crippen molar-refractivity contribution in [1.82, 2.24) is 25.1 Å². The molecule has 1 saturated heterocycles. The fourth-order valence-electron chi connectivity index (χ4n) is 5.66. The van der Waals surface area contributed by atoms with E-state index in [0.717, 1.165) is 57.1 Å². The molecule has 0 aliphatic carbocycles. The molecular weight excluding hydrogens is 388 g/mol. The molecule has 1 fully saturated rings. The Hall–Kier alpha value is -1.99. The van der Waals surface area contributed by atoms with E-state index in [1.807, 2.05) is 11.9 Å². The van der Waals surface area contributed by atoms with Gasteiger partial charge in [-0.15, -0.1) is 0 Å². The molecule has 1 aromatic heterocycles. The van der Waals surface area contributed by atoms with Crippen LogP contribution in [0.1, 0.15) is 70.0 Å². The van der Waals surface area contributed by atoms with Crippen molar-refractivity contribution in [2.45, 2.75) is 76.9 Å². The lowest BCUT2D eigenvalue weighted by Crippen LogP contribution is -2.54. The summed E-state index contributed by atoms with van der Waals surface area (Å²) in [6.07, 6.45) is 5.56. The van der Waals surface area contributed by atoms with Gasteiger partial charge in [0.25, 0.3) is 0 Å². The normalized spacial score (nSPS) is 25.2. The van der Waals surface area contributed by atoms with E-state index in [9.17, 15) is 4.79 Å². The van der Waals surface area contributed by atoms with E-state index in [1.54, 1.807) is 0 Å². The molecule has 1 aromatic rings. The summed E-state index contributed by atoms with van der Waals surface area (Å²) in [4.78, 5) is 27.2. The number of nitrogens with zero attached hydrogens (tertiary/aromatic N) is 4. The number of amides is 1. The highest BCUT2D eigenvalue weighted by atomic mass is 16.2. The van der Waals surface area contributed by atoms with Gasteiger partial charge in [-0.05, 0) is 47.6 Å². The highest BCUT2D eigenvalue weighted by molar-refractivity contribution is 5.79. The van der Waals surface area contributed by atoms with Crippen LogP contribution >= 0.6 is 0 Å². The number of anilines is 1. The van der Waals surface area contributed by atoms with Crippen LogP contribution in [0.2, 0.25) is 0 Å². The summed E-state index contributed by atoms with van der Waals surface area (Å²) >= 11 is 0. The fourth-order valence-corrected chi connectivity index (χ4v) is 5.66. The molecule has 3 aliphatic heterocycles. The van der Waals surface area contributed by atoms with E-state index in [-0.39, 0.29) is 22.9 Å². The number of hydrogen-bond acceptors (Lipinski definition) is 6. The average Bonchev–Trinajstić information content (AvgIpc) is 3.15. The molecular formula is C24H38N6O. The van der Waals surface area contributed by atoms with E-state index in [1.165, 1.54) is 16.8 Å². The quantitative estimate of drug-likeness (QED) is 0.721. The SMILES string of the molecule is CNc1nc(C2CCN(C(=O)CC3=CC(C)(C)NC(C)(C)C3)C2)nc2c1CN(C)CC2. The first-order valence-electron chi connectivity index (χ1n) is 11.6. The number of carbonyl (C=O) groups is 1. The molecule has 2 N–H and O–H groups in total. The minimum absolute atomic E-state index is 0.00992. The summed E-state index contributed by atoms with van der Waals surface area (Å²) < 4.78 is 0. The van der Waals surface area contributed by atoms with Gasteiger partial charge in [0.1, 0.15) is 11.6 Å². The van der Waals surface area contributed by atoms with Gasteiger partial charge in [0.2, 0.25) is 5.91 Å². The van der Waals surface area contributed by atoms with Gasteiger partial charge in [0.05, 0.1) is 5.69 Å². The third-order valence-corrected chi connectivity index (χ3v) is 6.68. The largest absolute Gasteiger partial charge is 0.373 e. The van der Waals surface area contributed by atoms with Crippen LogP contribution in [0, 0.1) is 0 Å². The number of hydrogen-bond donors (Lipinski definition) is 2. The lowest BCUT2D eigenvalue weighted by molar-refractivity contribution is -0.129. The maximum Gasteiger partial charge on any atom is 0.226 e. The minimum Gasteiger partial charge on any atom is -0.373 e. The molecule has 7 heteroatoms. The standard InChI is InChI=1S/C24H38N6O/c1-23(2)12-16(13-24(3,4)28-23)11-20(31)30-10-7-17(14-30)21-26-19-8-9-29(6)15-18(19)22(25-5)27-21/h12,17,28H,7-11,13-15H2,1-6H3,(H,25,26,27). The van der Waals surface area contributed by atoms with Gasteiger partial charge in [-0.3, -0.25) is 4.79 Å². The van der Waals surface area contributed by atoms with Crippen molar-refractivity contribution in [3.63, 3.8) is 0 Å². The molecule has 3 aliphatic rings. The summed E-state index contributed by atoms with van der Waals surface area (Å²) in [5, 5.41) is 6.92. The highest BCUT2D eigenvalue weighted by Crippen LogP contribution is 2.32. The number of likely N-dealkylation sites (tertiary alicyclic amines) is 1. The van der Waals surface area contributed by atoms with E-state index >= 15 is 0 Å². The predicted molar refractivity (Wildman–Crippen MR) is 124 cm³/mol. The molecule has 1 unspecified atom stereocenters. The van der Waals surface area contributed by atoms with Crippen LogP contribution in [0.4, 0.5) is 5.82 Å². The Kier molecular flexibility index (Phi) is 5.85. The predicted octanol–water partition coefficient (Wildman–Crippen LogP) is 2.69. The molecule has 1 amide bonds. The van der Waals surface area contributed by atoms with Crippen molar-refractivity contribution in [2.75, 3.05) is 39.0 Å². The maximum atomic E-state index is 13.1. The van der Waals surface area contributed by atoms with Crippen molar-refractivity contribution in [3.05, 3.63) is 28.7 Å². The molecule has 0 bridgehead atoms. The fraction of sp³-hybridized carbons (Fsp3) is 0.708. The molecule has 170 valence electrons. The van der Waals surface area contributed by atoms with Crippen LogP contribution in [0.3, 0.4) is 0 Å². The van der Waals surface area contributed by atoms with Crippen LogP contribution in [-0.2, 0) is 17.8 Å². The van der Waals surface area contributed by atoms with Gasteiger partial charge in [0, 0.05) is 68.6 Å². The second kappa shape index (κ2) is 8.17. The van der Waals surface area contributed by atoms with Gasteiger partial charge >= 0.3 is 0 Å². The number of nitrogens with one attached hydrogen (secondary N) is 2. The monoisotopic (exact) mass is 426 g/mol. The highest BCUT2D eigenvalue weighted by Gasteiger charge is 2.35. The van der Waals surface area contributed by atoms with E-state index < -0.39 is 0 Å². The number of likely N-dealkylation sites (N-methyl/N-ethyl adjacent to an activating group) is 1. The topological polar surface area (TPSA) is 73.4 Å². The second-order valence-electron chi connectivity index (χ2n) is 10.8. The van der Waals surface area contributed by atoms with Crippen LogP contribution in [0.5, 0.6) is 0 Å². The van der Waals surface area contributed by atoms with Crippen LogP contribution in [0.15, 0.2) is 11.6 Å². The first-order chi connectivity index (χ1) is 14.5. The van der Waals surface area contributed by atoms with Gasteiger partial charge in [-0.25, -0.2) is 9.97 Å². The van der Waals surface area contributed by atoms with E-state index in [2.05, 4.69) is 56.4 Å². The van der Waals surface area contributed by atoms with Gasteiger partial charge in [-0.2, -0.15) is 0 Å². The molecule has 7 nitrogen and oxygen atoms in total. The summed E-state index contributed by atoms with van der Waals surface area (Å²) in [7, 11) is 4.07. The summed E-state index contributed by atoms with van der Waals surface area (Å²) in [6.45, 7) is 12.2. The number of fused-ring (bicyclic) bond motifs is 1. The summed E-state index contributed by atoms with van der Waals surface area (Å²) in [5.41, 5.74) is 3.56. The maximum absolute atomic E-state index is 13.1. The first kappa shape index (κ1) is 22.2. The third kappa shape index (κ3) is 4.93. The number of carbonyl (C=O) groups excluding carboxylic acids is 1. The Balaban J connectivity index is 1.45. The molecule has 0 radical (unpaired) electrons. The first-order valence-corrected chi connectivity index (χ1v) is 11.6. The molecule has 4 heterocycles. The van der Waals surface area contributed by atoms with Crippen molar-refractivity contribution < 1.29 is 4.79 Å². The van der Waals surface area contributed by atoms with Gasteiger partial charge < -0.3 is 20.4 Å². The van der Waals surface area contributed by atoms with Crippen molar-refractivity contribution >= 4 is 11.7 Å². The Morgan fingerprint density at radius 1 is 1.26 bits per heavy atom. The summed E-state index contributed by atoms with van der Waals surface area (Å²) in [5.74, 6) is 2.29. The minimum atomic E-state index is -0.0838. The van der Waals surface area contributed by atoms with Crippen molar-refractivity contribution in [1.29, 1.82) is 0 Å². The zero-order chi connectivity index (χ0) is 22.4. The van der Waals surface area contributed by atoms with Crippen LogP contribution in [0.25, 0.3) is 0 Å². The Bertz CT molecular complexity index is 873. The molecule has 31 heavy (non-hydrogen) atoms. The van der Waals surface area contributed by atoms with Crippen LogP contribution < -0.4 is 10.6 Å². The Labute approximate surface area is 186 Å². The lowest BCUT2D eigenvalue weighted by Gasteiger charge is -2.41. The zero-order valence-corrected chi connectivity index (χ0v) is 20.0. The average molecular weight is 427 g/mol. The van der Waals surface area contributed by atoms with Crippen LogP contribution in [-0.4, -0.2) is 70.5 Å². The number of rotatable bonds is 4. The van der Waals surface area contributed by atoms with Crippen molar-refractivity contribution in [2.24, 2.45) is 0 Å². The second-order valence-corrected chi connectivity index (χ2v) is 10.8. The molecule has 1 atom stereocenters. The smallest absolute Gasteiger partial charge is 0.226 e. The summed E-state index contributed by atoms with van der Waals surface area (Å²) in [6, 6.07) is 0. The Morgan fingerprint density at radius 3 is 2.74 bits per heavy atom.